The lowest BCUT2D eigenvalue weighted by molar-refractivity contribution is 0.104. The van der Waals surface area contributed by atoms with Crippen molar-refractivity contribution in [1.82, 2.24) is 0 Å². The molecule has 0 aliphatic rings. The maximum Gasteiger partial charge on any atom is 0.524 e. The van der Waals surface area contributed by atoms with Crippen LogP contribution in [-0.2, 0) is 4.57 Å². The molecule has 0 amide bonds. The summed E-state index contributed by atoms with van der Waals surface area (Å²) in [6.45, 7) is 1.92. The van der Waals surface area contributed by atoms with Crippen molar-refractivity contribution in [3.63, 3.8) is 0 Å². The third-order valence-electron chi connectivity index (χ3n) is 3.47. The number of phosphoric acid groups is 1. The number of ether oxygens (including phenoxy) is 2. The van der Waals surface area contributed by atoms with Crippen molar-refractivity contribution in [3.05, 3.63) is 59.2 Å². The van der Waals surface area contributed by atoms with E-state index in [2.05, 4.69) is 4.52 Å². The number of methoxy groups -OCH3 is 2. The number of benzene rings is 2. The van der Waals surface area contributed by atoms with E-state index in [4.69, 9.17) is 19.3 Å². The summed E-state index contributed by atoms with van der Waals surface area (Å²) < 4.78 is 26.0. The Balaban J connectivity index is 2.36. The van der Waals surface area contributed by atoms with E-state index >= 15 is 0 Å². The van der Waals surface area contributed by atoms with E-state index in [-0.39, 0.29) is 11.3 Å². The van der Waals surface area contributed by atoms with Gasteiger partial charge in [-0.1, -0.05) is 12.1 Å². The molecule has 0 aliphatic carbocycles. The molecule has 138 valence electrons. The van der Waals surface area contributed by atoms with Gasteiger partial charge in [0.05, 0.1) is 19.8 Å². The molecular weight excluding hydrogens is 359 g/mol. The molecule has 0 bridgehead atoms. The zero-order chi connectivity index (χ0) is 19.3. The van der Waals surface area contributed by atoms with E-state index in [1.807, 2.05) is 19.1 Å². The van der Waals surface area contributed by atoms with Crippen LogP contribution in [0.15, 0.2) is 42.5 Å². The standard InChI is InChI=1S/C18H19O7P/c1-12-4-5-13(17(10-12)24-3)6-9-16(19)15-8-7-14(23-2)11-18(15)25-26(20,21)22/h4-11H,1-3H3,(H2,20,21,22)/b9-6+. The second-order valence-electron chi connectivity index (χ2n) is 5.39. The van der Waals surface area contributed by atoms with Crippen LogP contribution >= 0.6 is 7.82 Å². The van der Waals surface area contributed by atoms with E-state index in [9.17, 15) is 9.36 Å². The molecule has 0 saturated heterocycles. The van der Waals surface area contributed by atoms with Gasteiger partial charge in [-0.15, -0.1) is 0 Å². The van der Waals surface area contributed by atoms with Gasteiger partial charge in [0.25, 0.3) is 0 Å². The molecule has 0 fully saturated rings. The van der Waals surface area contributed by atoms with Gasteiger partial charge in [0.2, 0.25) is 0 Å². The van der Waals surface area contributed by atoms with Crippen molar-refractivity contribution in [2.24, 2.45) is 0 Å². The zero-order valence-electron chi connectivity index (χ0n) is 14.5. The van der Waals surface area contributed by atoms with E-state index < -0.39 is 13.6 Å². The number of phosphoric ester groups is 1. The lowest BCUT2D eigenvalue weighted by atomic mass is 10.1. The van der Waals surface area contributed by atoms with E-state index in [1.165, 1.54) is 38.5 Å². The largest absolute Gasteiger partial charge is 0.524 e. The first kappa shape index (κ1) is 19.7. The summed E-state index contributed by atoms with van der Waals surface area (Å²) in [5.41, 5.74) is 1.70. The van der Waals surface area contributed by atoms with Gasteiger partial charge in [0.1, 0.15) is 17.2 Å². The van der Waals surface area contributed by atoms with Gasteiger partial charge in [-0.2, -0.15) is 0 Å². The number of aryl methyl sites for hydroxylation is 1. The Morgan fingerprint density at radius 1 is 1.04 bits per heavy atom. The molecule has 0 unspecified atom stereocenters. The van der Waals surface area contributed by atoms with Gasteiger partial charge in [-0.3, -0.25) is 14.6 Å². The predicted octanol–water partition coefficient (Wildman–Crippen LogP) is 3.38. The van der Waals surface area contributed by atoms with Gasteiger partial charge in [0, 0.05) is 11.6 Å². The predicted molar refractivity (Wildman–Crippen MR) is 96.8 cm³/mol. The Kier molecular flexibility index (Phi) is 6.21. The highest BCUT2D eigenvalue weighted by molar-refractivity contribution is 7.46. The van der Waals surface area contributed by atoms with Crippen molar-refractivity contribution in [3.8, 4) is 17.2 Å². The average Bonchev–Trinajstić information content (AvgIpc) is 2.58. The van der Waals surface area contributed by atoms with Crippen molar-refractivity contribution in [1.29, 1.82) is 0 Å². The Morgan fingerprint density at radius 2 is 1.77 bits per heavy atom. The fourth-order valence-electron chi connectivity index (χ4n) is 2.25. The molecule has 0 spiro atoms. The molecule has 8 heteroatoms. The maximum atomic E-state index is 12.5. The lowest BCUT2D eigenvalue weighted by Gasteiger charge is -2.11. The average molecular weight is 378 g/mol. The summed E-state index contributed by atoms with van der Waals surface area (Å²) in [5.74, 6) is 0.159. The molecule has 2 aromatic rings. The van der Waals surface area contributed by atoms with Crippen LogP contribution in [0.5, 0.6) is 17.2 Å². The number of hydrogen-bond donors (Lipinski definition) is 2. The number of hydrogen-bond acceptors (Lipinski definition) is 5. The van der Waals surface area contributed by atoms with Crippen LogP contribution in [0.4, 0.5) is 0 Å². The highest BCUT2D eigenvalue weighted by Crippen LogP contribution is 2.40. The Labute approximate surface area is 151 Å². The molecule has 26 heavy (non-hydrogen) atoms. The summed E-state index contributed by atoms with van der Waals surface area (Å²) in [4.78, 5) is 30.6. The zero-order valence-corrected chi connectivity index (χ0v) is 15.4. The number of carbonyl (C=O) groups excluding carboxylic acids is 1. The first-order valence-corrected chi connectivity index (χ1v) is 9.07. The molecule has 0 aromatic heterocycles. The van der Waals surface area contributed by atoms with Gasteiger partial charge in [-0.25, -0.2) is 4.57 Å². The number of rotatable bonds is 7. The van der Waals surface area contributed by atoms with Crippen LogP contribution < -0.4 is 14.0 Å². The van der Waals surface area contributed by atoms with Crippen LogP contribution in [0.1, 0.15) is 21.5 Å². The SMILES string of the molecule is COc1ccc(C(=O)/C=C/c2ccc(C)cc2OC)c(OP(=O)(O)O)c1. The summed E-state index contributed by atoms with van der Waals surface area (Å²) in [6, 6.07) is 9.64. The topological polar surface area (TPSA) is 102 Å². The molecule has 0 atom stereocenters. The molecule has 2 rings (SSSR count). The summed E-state index contributed by atoms with van der Waals surface area (Å²) in [5, 5.41) is 0. The van der Waals surface area contributed by atoms with Crippen LogP contribution in [0.3, 0.4) is 0 Å². The Morgan fingerprint density at radius 3 is 2.38 bits per heavy atom. The normalized spacial score (nSPS) is 11.4. The van der Waals surface area contributed by atoms with E-state index in [0.29, 0.717) is 17.1 Å². The van der Waals surface area contributed by atoms with Crippen molar-refractivity contribution in [2.45, 2.75) is 6.92 Å². The summed E-state index contributed by atoms with van der Waals surface area (Å²) >= 11 is 0. The van der Waals surface area contributed by atoms with E-state index in [1.54, 1.807) is 12.1 Å². The van der Waals surface area contributed by atoms with Gasteiger partial charge in [-0.05, 0) is 42.8 Å². The highest BCUT2D eigenvalue weighted by atomic mass is 31.2. The molecule has 0 saturated carbocycles. The Bertz CT molecular complexity index is 883. The monoisotopic (exact) mass is 378 g/mol. The van der Waals surface area contributed by atoms with Crippen LogP contribution in [0, 0.1) is 6.92 Å². The van der Waals surface area contributed by atoms with Crippen molar-refractivity contribution < 1.29 is 33.1 Å². The first-order chi connectivity index (χ1) is 12.2. The molecular formula is C18H19O7P. The summed E-state index contributed by atoms with van der Waals surface area (Å²) in [6.07, 6.45) is 2.84. The molecule has 2 aromatic carbocycles. The quantitative estimate of drug-likeness (QED) is 0.433. The van der Waals surface area contributed by atoms with Gasteiger partial charge >= 0.3 is 7.82 Å². The second kappa shape index (κ2) is 8.19. The maximum absolute atomic E-state index is 12.5. The van der Waals surface area contributed by atoms with Crippen LogP contribution in [-0.4, -0.2) is 29.8 Å². The highest BCUT2D eigenvalue weighted by Gasteiger charge is 2.21. The Hall–Kier alpha value is -2.60. The van der Waals surface area contributed by atoms with Crippen LogP contribution in [0.25, 0.3) is 6.08 Å². The number of ketones is 1. The number of carbonyl (C=O) groups is 1. The van der Waals surface area contributed by atoms with E-state index in [0.717, 1.165) is 5.56 Å². The van der Waals surface area contributed by atoms with Crippen molar-refractivity contribution in [2.75, 3.05) is 14.2 Å². The third kappa shape index (κ3) is 5.20. The minimum atomic E-state index is -4.83. The molecule has 0 aliphatic heterocycles. The lowest BCUT2D eigenvalue weighted by Crippen LogP contribution is -2.01. The fraction of sp³-hybridized carbons (Fsp3) is 0.167. The van der Waals surface area contributed by atoms with Gasteiger partial charge in [0.15, 0.2) is 5.78 Å². The van der Waals surface area contributed by atoms with Crippen molar-refractivity contribution >= 4 is 19.7 Å². The summed E-state index contributed by atoms with van der Waals surface area (Å²) in [7, 11) is -1.91. The molecule has 7 nitrogen and oxygen atoms in total. The minimum Gasteiger partial charge on any atom is -0.497 e. The van der Waals surface area contributed by atoms with Gasteiger partial charge < -0.3 is 14.0 Å². The fourth-order valence-corrected chi connectivity index (χ4v) is 2.66. The first-order valence-electron chi connectivity index (χ1n) is 7.53. The third-order valence-corrected chi connectivity index (χ3v) is 3.91. The second-order valence-corrected chi connectivity index (χ2v) is 6.55. The minimum absolute atomic E-state index is 0.00328. The molecule has 0 heterocycles. The molecule has 2 N–H and O–H groups in total. The molecule has 0 radical (unpaired) electrons. The van der Waals surface area contributed by atoms with Crippen LogP contribution in [0.2, 0.25) is 0 Å². The smallest absolute Gasteiger partial charge is 0.497 e. The number of allylic oxidation sites excluding steroid dienone is 1.